The number of fused-ring (bicyclic) bond motifs is 1. The van der Waals surface area contributed by atoms with E-state index in [9.17, 15) is 8.42 Å². The van der Waals surface area contributed by atoms with E-state index in [1.54, 1.807) is 16.6 Å². The normalized spacial score (nSPS) is 11.8. The van der Waals surface area contributed by atoms with Crippen LogP contribution in [0.25, 0.3) is 5.78 Å². The van der Waals surface area contributed by atoms with E-state index in [-0.39, 0.29) is 4.90 Å². The van der Waals surface area contributed by atoms with Crippen molar-refractivity contribution >= 4 is 31.3 Å². The summed E-state index contributed by atoms with van der Waals surface area (Å²) in [6.45, 7) is 1.93. The number of hydrogen-bond acceptors (Lipinski definition) is 6. The molecule has 7 nitrogen and oxygen atoms in total. The SMILES string of the molecule is Cc1nc2ncnn2c(N(C)C)c1Cc1ccc(S(=O)(=O)Cl)cc1. The molecule has 3 rings (SSSR count). The van der Waals surface area contributed by atoms with Gasteiger partial charge in [-0.3, -0.25) is 0 Å². The summed E-state index contributed by atoms with van der Waals surface area (Å²) in [6.07, 6.45) is 2.06. The summed E-state index contributed by atoms with van der Waals surface area (Å²) in [5.74, 6) is 1.44. The van der Waals surface area contributed by atoms with E-state index in [2.05, 4.69) is 15.1 Å². The molecule has 9 heteroatoms. The summed E-state index contributed by atoms with van der Waals surface area (Å²) in [6, 6.07) is 6.51. The quantitative estimate of drug-likeness (QED) is 0.658. The van der Waals surface area contributed by atoms with Gasteiger partial charge in [0, 0.05) is 42.5 Å². The number of aryl methyl sites for hydroxylation is 1. The van der Waals surface area contributed by atoms with Crippen LogP contribution in [0.4, 0.5) is 5.82 Å². The van der Waals surface area contributed by atoms with Gasteiger partial charge in [-0.05, 0) is 24.6 Å². The molecule has 0 aliphatic heterocycles. The molecule has 3 aromatic rings. The van der Waals surface area contributed by atoms with Gasteiger partial charge in [-0.1, -0.05) is 12.1 Å². The third-order valence-electron chi connectivity index (χ3n) is 3.71. The second-order valence-electron chi connectivity index (χ2n) is 5.62. The minimum atomic E-state index is -3.71. The number of aromatic nitrogens is 4. The zero-order valence-electron chi connectivity index (χ0n) is 13.4. The average molecular weight is 366 g/mol. The first-order valence-electron chi connectivity index (χ1n) is 7.17. The van der Waals surface area contributed by atoms with Crippen molar-refractivity contribution in [1.82, 2.24) is 19.6 Å². The fourth-order valence-electron chi connectivity index (χ4n) is 2.61. The summed E-state index contributed by atoms with van der Waals surface area (Å²) >= 11 is 0. The first-order valence-corrected chi connectivity index (χ1v) is 9.48. The van der Waals surface area contributed by atoms with Crippen LogP contribution in [0.3, 0.4) is 0 Å². The van der Waals surface area contributed by atoms with E-state index in [1.807, 2.05) is 25.9 Å². The minimum Gasteiger partial charge on any atom is -0.362 e. The molecule has 2 aromatic heterocycles. The van der Waals surface area contributed by atoms with Gasteiger partial charge in [0.1, 0.15) is 12.1 Å². The second kappa shape index (κ2) is 6.03. The van der Waals surface area contributed by atoms with Crippen molar-refractivity contribution in [2.75, 3.05) is 19.0 Å². The predicted octanol–water partition coefficient (Wildman–Crippen LogP) is 2.02. The summed E-state index contributed by atoms with van der Waals surface area (Å²) in [7, 11) is 5.50. The minimum absolute atomic E-state index is 0.0855. The third-order valence-corrected chi connectivity index (χ3v) is 5.08. The Hall–Kier alpha value is -2.19. The molecule has 2 heterocycles. The summed E-state index contributed by atoms with van der Waals surface area (Å²) in [5, 5.41) is 4.23. The van der Waals surface area contributed by atoms with Crippen LogP contribution < -0.4 is 4.90 Å². The number of benzene rings is 1. The van der Waals surface area contributed by atoms with Crippen LogP contribution in [0, 0.1) is 6.92 Å². The van der Waals surface area contributed by atoms with Gasteiger partial charge in [0.05, 0.1) is 4.90 Å². The van der Waals surface area contributed by atoms with Crippen molar-refractivity contribution in [3.8, 4) is 0 Å². The van der Waals surface area contributed by atoms with E-state index < -0.39 is 9.05 Å². The molecule has 0 aliphatic rings. The molecule has 0 bridgehead atoms. The van der Waals surface area contributed by atoms with Crippen molar-refractivity contribution in [3.05, 3.63) is 47.4 Å². The maximum atomic E-state index is 11.3. The Balaban J connectivity index is 2.06. The Morgan fingerprint density at radius 1 is 1.21 bits per heavy atom. The zero-order chi connectivity index (χ0) is 17.5. The molecule has 0 radical (unpaired) electrons. The van der Waals surface area contributed by atoms with Crippen LogP contribution in [-0.4, -0.2) is 42.1 Å². The first kappa shape index (κ1) is 16.7. The molecule has 0 aliphatic carbocycles. The molecule has 24 heavy (non-hydrogen) atoms. The lowest BCUT2D eigenvalue weighted by Gasteiger charge is -2.19. The lowest BCUT2D eigenvalue weighted by Crippen LogP contribution is -2.18. The number of nitrogens with zero attached hydrogens (tertiary/aromatic N) is 5. The Morgan fingerprint density at radius 3 is 2.46 bits per heavy atom. The number of rotatable bonds is 4. The number of halogens is 1. The Morgan fingerprint density at radius 2 is 1.88 bits per heavy atom. The smallest absolute Gasteiger partial charge is 0.261 e. The molecule has 0 amide bonds. The van der Waals surface area contributed by atoms with Gasteiger partial charge in [-0.15, -0.1) is 0 Å². The Bertz CT molecular complexity index is 997. The second-order valence-corrected chi connectivity index (χ2v) is 8.19. The summed E-state index contributed by atoms with van der Waals surface area (Å²) in [4.78, 5) is 10.7. The molecule has 1 aromatic carbocycles. The van der Waals surface area contributed by atoms with Crippen LogP contribution in [0.1, 0.15) is 16.8 Å². The van der Waals surface area contributed by atoms with E-state index in [4.69, 9.17) is 10.7 Å². The molecule has 0 fully saturated rings. The molecule has 0 spiro atoms. The number of hydrogen-bond donors (Lipinski definition) is 0. The van der Waals surface area contributed by atoms with Gasteiger partial charge in [0.15, 0.2) is 0 Å². The maximum absolute atomic E-state index is 11.3. The van der Waals surface area contributed by atoms with E-state index in [0.29, 0.717) is 12.2 Å². The van der Waals surface area contributed by atoms with E-state index in [1.165, 1.54) is 18.5 Å². The monoisotopic (exact) mass is 365 g/mol. The molecular formula is C15H16ClN5O2S. The largest absolute Gasteiger partial charge is 0.362 e. The van der Waals surface area contributed by atoms with Crippen LogP contribution in [0.15, 0.2) is 35.5 Å². The van der Waals surface area contributed by atoms with Crippen molar-refractivity contribution in [2.45, 2.75) is 18.2 Å². The van der Waals surface area contributed by atoms with Crippen LogP contribution in [0.2, 0.25) is 0 Å². The van der Waals surface area contributed by atoms with Crippen molar-refractivity contribution in [3.63, 3.8) is 0 Å². The fraction of sp³-hybridized carbons (Fsp3) is 0.267. The zero-order valence-corrected chi connectivity index (χ0v) is 15.0. The van der Waals surface area contributed by atoms with Crippen LogP contribution in [-0.2, 0) is 15.5 Å². The topological polar surface area (TPSA) is 80.5 Å². The summed E-state index contributed by atoms with van der Waals surface area (Å²) < 4.78 is 24.4. The highest BCUT2D eigenvalue weighted by molar-refractivity contribution is 8.13. The van der Waals surface area contributed by atoms with Gasteiger partial charge < -0.3 is 4.90 Å². The lowest BCUT2D eigenvalue weighted by molar-refractivity contribution is 0.609. The fourth-order valence-corrected chi connectivity index (χ4v) is 3.38. The van der Waals surface area contributed by atoms with Gasteiger partial charge in [0.25, 0.3) is 14.8 Å². The maximum Gasteiger partial charge on any atom is 0.261 e. The molecule has 0 N–H and O–H groups in total. The molecule has 0 saturated heterocycles. The predicted molar refractivity (Wildman–Crippen MR) is 92.1 cm³/mol. The molecule has 0 atom stereocenters. The van der Waals surface area contributed by atoms with Gasteiger partial charge in [-0.2, -0.15) is 14.6 Å². The lowest BCUT2D eigenvalue weighted by atomic mass is 10.0. The van der Waals surface area contributed by atoms with Crippen molar-refractivity contribution in [2.24, 2.45) is 0 Å². The Labute approximate surface area is 144 Å². The standard InChI is InChI=1S/C15H16ClN5O2S/c1-10-13(8-11-4-6-12(7-5-11)24(16,22)23)14(20(2)3)21-15(19-10)17-9-18-21/h4-7,9H,8H2,1-3H3. The highest BCUT2D eigenvalue weighted by Gasteiger charge is 2.17. The van der Waals surface area contributed by atoms with Crippen molar-refractivity contribution < 1.29 is 8.42 Å². The first-order chi connectivity index (χ1) is 11.3. The molecule has 0 saturated carbocycles. The number of anilines is 1. The third kappa shape index (κ3) is 3.07. The van der Waals surface area contributed by atoms with Crippen molar-refractivity contribution in [1.29, 1.82) is 0 Å². The molecular weight excluding hydrogens is 350 g/mol. The highest BCUT2D eigenvalue weighted by atomic mass is 35.7. The molecule has 126 valence electrons. The van der Waals surface area contributed by atoms with Gasteiger partial charge in [-0.25, -0.2) is 13.4 Å². The summed E-state index contributed by atoms with van der Waals surface area (Å²) in [5.41, 5.74) is 2.80. The van der Waals surface area contributed by atoms with Crippen LogP contribution in [0.5, 0.6) is 0 Å². The highest BCUT2D eigenvalue weighted by Crippen LogP contribution is 2.25. The molecule has 0 unspecified atom stereocenters. The van der Waals surface area contributed by atoms with Gasteiger partial charge in [0.2, 0.25) is 0 Å². The van der Waals surface area contributed by atoms with E-state index >= 15 is 0 Å². The van der Waals surface area contributed by atoms with Crippen LogP contribution >= 0.6 is 10.7 Å². The average Bonchev–Trinajstić information content (AvgIpc) is 2.94. The Kier molecular flexibility index (Phi) is 4.18. The van der Waals surface area contributed by atoms with E-state index in [0.717, 1.165) is 22.6 Å². The van der Waals surface area contributed by atoms with Gasteiger partial charge >= 0.3 is 0 Å².